The van der Waals surface area contributed by atoms with Gasteiger partial charge in [0.05, 0.1) is 5.69 Å². The van der Waals surface area contributed by atoms with E-state index in [-0.39, 0.29) is 10.8 Å². The van der Waals surface area contributed by atoms with Crippen LogP contribution < -0.4 is 9.64 Å². The molecule has 2 aromatic carbocycles. The number of amides is 1. The van der Waals surface area contributed by atoms with Crippen molar-refractivity contribution in [2.24, 2.45) is 4.40 Å². The lowest BCUT2D eigenvalue weighted by atomic mass is 10.2. The number of hydrogen-bond acceptors (Lipinski definition) is 5. The monoisotopic (exact) mass is 385 g/mol. The molecular formula is C19H19N3O4S. The summed E-state index contributed by atoms with van der Waals surface area (Å²) in [6.07, 6.45) is 1.56. The number of carbonyl (C=O) groups excluding carboxylic acids is 1. The van der Waals surface area contributed by atoms with Gasteiger partial charge in [0, 0.05) is 38.7 Å². The van der Waals surface area contributed by atoms with E-state index in [0.29, 0.717) is 35.0 Å². The van der Waals surface area contributed by atoms with Crippen molar-refractivity contribution < 1.29 is 17.9 Å². The number of ether oxygens (including phenoxy) is 1. The van der Waals surface area contributed by atoms with E-state index in [4.69, 9.17) is 4.74 Å². The summed E-state index contributed by atoms with van der Waals surface area (Å²) in [5.41, 5.74) is 1.13. The molecule has 0 aliphatic carbocycles. The molecule has 27 heavy (non-hydrogen) atoms. The molecule has 8 heteroatoms. The van der Waals surface area contributed by atoms with E-state index in [1.807, 2.05) is 4.90 Å². The first-order chi connectivity index (χ1) is 12.8. The molecule has 140 valence electrons. The number of anilines is 1. The second kappa shape index (κ2) is 6.38. The minimum Gasteiger partial charge on any atom is -0.457 e. The summed E-state index contributed by atoms with van der Waals surface area (Å²) in [6.45, 7) is 0.760. The number of carbonyl (C=O) groups is 1. The van der Waals surface area contributed by atoms with E-state index in [1.54, 1.807) is 50.5 Å². The fourth-order valence-corrected chi connectivity index (χ4v) is 4.55. The molecule has 2 aliphatic heterocycles. The Morgan fingerprint density at radius 3 is 2.70 bits per heavy atom. The number of amidine groups is 1. The summed E-state index contributed by atoms with van der Waals surface area (Å²) in [4.78, 5) is 15.7. The van der Waals surface area contributed by atoms with Crippen LogP contribution >= 0.6 is 0 Å². The number of rotatable bonds is 3. The van der Waals surface area contributed by atoms with Gasteiger partial charge in [-0.25, -0.2) is 0 Å². The smallest absolute Gasteiger partial charge is 0.286 e. The van der Waals surface area contributed by atoms with Gasteiger partial charge >= 0.3 is 0 Å². The second-order valence-corrected chi connectivity index (χ2v) is 8.27. The maximum Gasteiger partial charge on any atom is 0.286 e. The number of nitrogens with zero attached hydrogens (tertiary/aromatic N) is 3. The van der Waals surface area contributed by atoms with Crippen LogP contribution in [0.4, 0.5) is 5.69 Å². The van der Waals surface area contributed by atoms with E-state index >= 15 is 0 Å². The van der Waals surface area contributed by atoms with Gasteiger partial charge in [-0.15, -0.1) is 4.40 Å². The van der Waals surface area contributed by atoms with Gasteiger partial charge in [0.1, 0.15) is 22.2 Å². The molecule has 7 nitrogen and oxygen atoms in total. The molecule has 2 heterocycles. The average molecular weight is 385 g/mol. The molecule has 4 rings (SSSR count). The number of hydrogen-bond donors (Lipinski definition) is 0. The van der Waals surface area contributed by atoms with Gasteiger partial charge in [-0.2, -0.15) is 8.42 Å². The maximum atomic E-state index is 12.5. The van der Waals surface area contributed by atoms with Crippen LogP contribution in [-0.2, 0) is 10.0 Å². The molecule has 1 saturated heterocycles. The number of sulfonamides is 1. The molecule has 1 fully saturated rings. The Balaban J connectivity index is 1.67. The van der Waals surface area contributed by atoms with Gasteiger partial charge in [-0.05, 0) is 36.8 Å². The largest absolute Gasteiger partial charge is 0.457 e. The summed E-state index contributed by atoms with van der Waals surface area (Å²) in [5.74, 6) is 1.31. The first-order valence-corrected chi connectivity index (χ1v) is 10.0. The number of fused-ring (bicyclic) bond motifs is 3. The highest BCUT2D eigenvalue weighted by Gasteiger charge is 2.33. The van der Waals surface area contributed by atoms with Crippen LogP contribution in [0.2, 0.25) is 0 Å². The molecule has 0 aromatic heterocycles. The van der Waals surface area contributed by atoms with Crippen molar-refractivity contribution in [2.75, 3.05) is 25.5 Å². The summed E-state index contributed by atoms with van der Waals surface area (Å²) in [5, 5.41) is 0. The van der Waals surface area contributed by atoms with Crippen molar-refractivity contribution in [3.63, 3.8) is 0 Å². The van der Waals surface area contributed by atoms with Gasteiger partial charge in [-0.3, -0.25) is 4.79 Å². The Labute approximate surface area is 157 Å². The molecule has 0 unspecified atom stereocenters. The highest BCUT2D eigenvalue weighted by Crippen LogP contribution is 2.38. The van der Waals surface area contributed by atoms with Gasteiger partial charge < -0.3 is 14.5 Å². The van der Waals surface area contributed by atoms with Crippen molar-refractivity contribution in [1.29, 1.82) is 0 Å². The van der Waals surface area contributed by atoms with E-state index in [0.717, 1.165) is 13.0 Å². The molecule has 0 spiro atoms. The molecule has 0 radical (unpaired) electrons. The zero-order valence-corrected chi connectivity index (χ0v) is 15.9. The lowest BCUT2D eigenvalue weighted by Crippen LogP contribution is -2.30. The average Bonchev–Trinajstić information content (AvgIpc) is 3.09. The fraction of sp³-hybridized carbons (Fsp3) is 0.263. The molecule has 2 aromatic rings. The molecule has 2 aliphatic rings. The topological polar surface area (TPSA) is 79.3 Å². The summed E-state index contributed by atoms with van der Waals surface area (Å²) in [6, 6.07) is 11.7. The molecular weight excluding hydrogens is 366 g/mol. The van der Waals surface area contributed by atoms with Crippen LogP contribution in [-0.4, -0.2) is 45.7 Å². The van der Waals surface area contributed by atoms with Crippen LogP contribution in [0.25, 0.3) is 0 Å². The van der Waals surface area contributed by atoms with E-state index in [2.05, 4.69) is 4.40 Å². The minimum absolute atomic E-state index is 0.135. The molecule has 0 bridgehead atoms. The Morgan fingerprint density at radius 2 is 1.93 bits per heavy atom. The highest BCUT2D eigenvalue weighted by molar-refractivity contribution is 7.90. The van der Waals surface area contributed by atoms with Gasteiger partial charge in [0.25, 0.3) is 15.9 Å². The van der Waals surface area contributed by atoms with Crippen molar-refractivity contribution in [3.05, 3.63) is 48.0 Å². The first kappa shape index (κ1) is 17.5. The van der Waals surface area contributed by atoms with Crippen LogP contribution in [0.15, 0.2) is 51.8 Å². The highest BCUT2D eigenvalue weighted by atomic mass is 32.2. The molecule has 0 N–H and O–H groups in total. The Bertz CT molecular complexity index is 1060. The van der Waals surface area contributed by atoms with E-state index < -0.39 is 10.0 Å². The van der Waals surface area contributed by atoms with Crippen LogP contribution in [0.1, 0.15) is 23.2 Å². The maximum absolute atomic E-state index is 12.5. The fourth-order valence-electron chi connectivity index (χ4n) is 3.28. The van der Waals surface area contributed by atoms with Crippen molar-refractivity contribution in [1.82, 2.24) is 4.90 Å². The van der Waals surface area contributed by atoms with E-state index in [1.165, 1.54) is 11.0 Å². The van der Waals surface area contributed by atoms with Crippen LogP contribution in [0.5, 0.6) is 11.5 Å². The molecule has 0 atom stereocenters. The normalized spacial score (nSPS) is 17.0. The SMILES string of the molecule is CN(C)C(=O)c1cccc(Oc2ccc3c(c2)S(=O)(=O)N=C2CCCN23)c1. The van der Waals surface area contributed by atoms with Gasteiger partial charge in [0.15, 0.2) is 0 Å². The van der Waals surface area contributed by atoms with Gasteiger partial charge in [-0.1, -0.05) is 6.07 Å². The quantitative estimate of drug-likeness (QED) is 0.812. The molecule has 0 saturated carbocycles. The van der Waals surface area contributed by atoms with Crippen molar-refractivity contribution in [2.45, 2.75) is 17.7 Å². The predicted molar refractivity (Wildman–Crippen MR) is 102 cm³/mol. The third-order valence-electron chi connectivity index (χ3n) is 4.54. The zero-order valence-electron chi connectivity index (χ0n) is 15.0. The third-order valence-corrected chi connectivity index (χ3v) is 5.88. The second-order valence-electron chi connectivity index (χ2n) is 6.70. The summed E-state index contributed by atoms with van der Waals surface area (Å²) in [7, 11) is -0.383. The zero-order chi connectivity index (χ0) is 19.2. The molecule has 1 amide bonds. The first-order valence-electron chi connectivity index (χ1n) is 8.60. The Kier molecular flexibility index (Phi) is 4.15. The minimum atomic E-state index is -3.74. The van der Waals surface area contributed by atoms with Crippen LogP contribution in [0, 0.1) is 0 Å². The number of benzene rings is 2. The predicted octanol–water partition coefficient (Wildman–Crippen LogP) is 2.88. The lowest BCUT2D eigenvalue weighted by molar-refractivity contribution is 0.0827. The lowest BCUT2D eigenvalue weighted by Gasteiger charge is -2.25. The van der Waals surface area contributed by atoms with Crippen molar-refractivity contribution in [3.8, 4) is 11.5 Å². The summed E-state index contributed by atoms with van der Waals surface area (Å²) >= 11 is 0. The van der Waals surface area contributed by atoms with Gasteiger partial charge in [0.2, 0.25) is 0 Å². The van der Waals surface area contributed by atoms with Crippen molar-refractivity contribution >= 4 is 27.5 Å². The third kappa shape index (κ3) is 3.16. The standard InChI is InChI=1S/C19H19N3O4S/c1-21(2)19(23)13-5-3-6-14(11-13)26-15-8-9-16-17(12-15)27(24,25)20-18-7-4-10-22(16)18/h3,5-6,8-9,11-12H,4,7,10H2,1-2H3. The van der Waals surface area contributed by atoms with E-state index in [9.17, 15) is 13.2 Å². The van der Waals surface area contributed by atoms with Crippen LogP contribution in [0.3, 0.4) is 0 Å². The summed E-state index contributed by atoms with van der Waals surface area (Å²) < 4.78 is 34.8. The Morgan fingerprint density at radius 1 is 1.15 bits per heavy atom. The Hall–Kier alpha value is -2.87.